The van der Waals surface area contributed by atoms with E-state index >= 15 is 0 Å². The Morgan fingerprint density at radius 2 is 1.75 bits per heavy atom. The fourth-order valence-electron chi connectivity index (χ4n) is 1.82. The Kier molecular flexibility index (Phi) is 12.9. The lowest BCUT2D eigenvalue weighted by Crippen LogP contribution is -2.09. The highest BCUT2D eigenvalue weighted by Crippen LogP contribution is 2.13. The fourth-order valence-corrected chi connectivity index (χ4v) is 1.82. The lowest BCUT2D eigenvalue weighted by Gasteiger charge is -2.14. The average molecular weight is 230 g/mol. The molecule has 1 atom stereocenters. The van der Waals surface area contributed by atoms with E-state index in [-0.39, 0.29) is 0 Å². The van der Waals surface area contributed by atoms with Crippen molar-refractivity contribution in [2.45, 2.75) is 65.2 Å². The van der Waals surface area contributed by atoms with Crippen LogP contribution in [0.3, 0.4) is 0 Å². The average Bonchev–Trinajstić information content (AvgIpc) is 2.32. The lowest BCUT2D eigenvalue weighted by atomic mass is 10.0. The molecule has 0 spiro atoms. The Morgan fingerprint density at radius 3 is 2.38 bits per heavy atom. The third kappa shape index (κ3) is 10.4. The molecule has 1 N–H and O–H groups in total. The van der Waals surface area contributed by atoms with Gasteiger partial charge in [0.25, 0.3) is 0 Å². The van der Waals surface area contributed by atoms with E-state index in [1.165, 1.54) is 32.1 Å². The zero-order valence-corrected chi connectivity index (χ0v) is 11.2. The van der Waals surface area contributed by atoms with Crippen molar-refractivity contribution in [2.75, 3.05) is 19.8 Å². The van der Waals surface area contributed by atoms with E-state index in [1.807, 2.05) is 0 Å². The predicted molar refractivity (Wildman–Crippen MR) is 69.7 cm³/mol. The minimum absolute atomic E-state index is 0.329. The van der Waals surface area contributed by atoms with Crippen molar-refractivity contribution < 1.29 is 9.84 Å². The molecule has 2 heteroatoms. The molecule has 0 saturated carbocycles. The highest BCUT2D eigenvalue weighted by Gasteiger charge is 2.05. The van der Waals surface area contributed by atoms with Gasteiger partial charge in [-0.15, -0.1) is 0 Å². The monoisotopic (exact) mass is 230 g/mol. The van der Waals surface area contributed by atoms with Crippen LogP contribution in [0.25, 0.3) is 0 Å². The van der Waals surface area contributed by atoms with Crippen LogP contribution in [0.1, 0.15) is 65.2 Å². The molecule has 0 rings (SSSR count). The Hall–Kier alpha value is -0.0800. The number of hydrogen-bond acceptors (Lipinski definition) is 2. The Morgan fingerprint density at radius 1 is 1.00 bits per heavy atom. The third-order valence-corrected chi connectivity index (χ3v) is 3.09. The summed E-state index contributed by atoms with van der Waals surface area (Å²) in [6, 6.07) is 0. The number of aliphatic hydroxyl groups excluding tert-OH is 1. The minimum Gasteiger partial charge on any atom is -0.396 e. The molecule has 0 aromatic carbocycles. The van der Waals surface area contributed by atoms with E-state index < -0.39 is 0 Å². The first-order valence-electron chi connectivity index (χ1n) is 7.03. The van der Waals surface area contributed by atoms with Crippen molar-refractivity contribution in [3.05, 3.63) is 0 Å². The summed E-state index contributed by atoms with van der Waals surface area (Å²) in [5.41, 5.74) is 0. The van der Waals surface area contributed by atoms with E-state index in [2.05, 4.69) is 13.8 Å². The second-order valence-electron chi connectivity index (χ2n) is 4.63. The molecular formula is C14H30O2. The van der Waals surface area contributed by atoms with Crippen LogP contribution < -0.4 is 0 Å². The van der Waals surface area contributed by atoms with Crippen LogP contribution in [-0.2, 0) is 4.74 Å². The molecule has 0 aliphatic rings. The van der Waals surface area contributed by atoms with Crippen molar-refractivity contribution in [1.82, 2.24) is 0 Å². The maximum Gasteiger partial charge on any atom is 0.0494 e. The van der Waals surface area contributed by atoms with Gasteiger partial charge < -0.3 is 9.84 Å². The smallest absolute Gasteiger partial charge is 0.0494 e. The van der Waals surface area contributed by atoms with Gasteiger partial charge in [0.2, 0.25) is 0 Å². The van der Waals surface area contributed by atoms with Gasteiger partial charge in [-0.2, -0.15) is 0 Å². The summed E-state index contributed by atoms with van der Waals surface area (Å²) in [7, 11) is 0. The first-order valence-corrected chi connectivity index (χ1v) is 7.03. The van der Waals surface area contributed by atoms with Crippen LogP contribution in [-0.4, -0.2) is 24.9 Å². The number of rotatable bonds is 12. The molecule has 0 amide bonds. The maximum absolute atomic E-state index is 8.62. The van der Waals surface area contributed by atoms with Gasteiger partial charge >= 0.3 is 0 Å². The summed E-state index contributed by atoms with van der Waals surface area (Å²) in [6.07, 6.45) is 9.58. The van der Waals surface area contributed by atoms with Crippen molar-refractivity contribution in [3.63, 3.8) is 0 Å². The molecule has 98 valence electrons. The molecule has 2 nitrogen and oxygen atoms in total. The normalized spacial score (nSPS) is 12.9. The summed E-state index contributed by atoms with van der Waals surface area (Å²) in [5, 5.41) is 8.62. The quantitative estimate of drug-likeness (QED) is 0.517. The van der Waals surface area contributed by atoms with Crippen molar-refractivity contribution in [2.24, 2.45) is 5.92 Å². The SMILES string of the molecule is CCCCC(CC)COCCCCCCO. The van der Waals surface area contributed by atoms with E-state index in [0.29, 0.717) is 6.61 Å². The van der Waals surface area contributed by atoms with Gasteiger partial charge in [0.05, 0.1) is 0 Å². The molecule has 0 radical (unpaired) electrons. The van der Waals surface area contributed by atoms with E-state index in [1.54, 1.807) is 0 Å². The molecule has 0 saturated heterocycles. The predicted octanol–water partition coefficient (Wildman–Crippen LogP) is 3.77. The first-order chi connectivity index (χ1) is 7.85. The Bertz CT molecular complexity index is 126. The molecule has 0 aliphatic heterocycles. The minimum atomic E-state index is 0.329. The molecular weight excluding hydrogens is 200 g/mol. The molecule has 0 aromatic heterocycles. The molecule has 0 bridgehead atoms. The van der Waals surface area contributed by atoms with Crippen LogP contribution >= 0.6 is 0 Å². The van der Waals surface area contributed by atoms with Gasteiger partial charge in [-0.25, -0.2) is 0 Å². The van der Waals surface area contributed by atoms with Crippen molar-refractivity contribution >= 4 is 0 Å². The number of hydrogen-bond donors (Lipinski definition) is 1. The first kappa shape index (κ1) is 15.9. The molecule has 0 aliphatic carbocycles. The van der Waals surface area contributed by atoms with Gasteiger partial charge in [-0.05, 0) is 25.2 Å². The van der Waals surface area contributed by atoms with Crippen LogP contribution in [0.15, 0.2) is 0 Å². The van der Waals surface area contributed by atoms with Crippen molar-refractivity contribution in [3.8, 4) is 0 Å². The maximum atomic E-state index is 8.62. The summed E-state index contributed by atoms with van der Waals surface area (Å²) >= 11 is 0. The van der Waals surface area contributed by atoms with Gasteiger partial charge in [0, 0.05) is 19.8 Å². The zero-order chi connectivity index (χ0) is 12.1. The number of aliphatic hydroxyl groups is 1. The number of ether oxygens (including phenoxy) is 1. The lowest BCUT2D eigenvalue weighted by molar-refractivity contribution is 0.0905. The number of unbranched alkanes of at least 4 members (excludes halogenated alkanes) is 4. The summed E-state index contributed by atoms with van der Waals surface area (Å²) in [4.78, 5) is 0. The Labute approximate surface area is 101 Å². The topological polar surface area (TPSA) is 29.5 Å². The fraction of sp³-hybridized carbons (Fsp3) is 1.00. The van der Waals surface area contributed by atoms with Crippen molar-refractivity contribution in [1.29, 1.82) is 0 Å². The largest absolute Gasteiger partial charge is 0.396 e. The molecule has 0 heterocycles. The van der Waals surface area contributed by atoms with Gasteiger partial charge in [-0.1, -0.05) is 46.0 Å². The highest BCUT2D eigenvalue weighted by molar-refractivity contribution is 4.55. The van der Waals surface area contributed by atoms with E-state index in [0.717, 1.165) is 38.4 Å². The summed E-state index contributed by atoms with van der Waals surface area (Å²) in [6.45, 7) is 6.67. The second-order valence-corrected chi connectivity index (χ2v) is 4.63. The molecule has 16 heavy (non-hydrogen) atoms. The highest BCUT2D eigenvalue weighted by atomic mass is 16.5. The summed E-state index contributed by atoms with van der Waals surface area (Å²) < 4.78 is 5.70. The molecule has 1 unspecified atom stereocenters. The van der Waals surface area contributed by atoms with E-state index in [4.69, 9.17) is 9.84 Å². The van der Waals surface area contributed by atoms with Gasteiger partial charge in [0.15, 0.2) is 0 Å². The van der Waals surface area contributed by atoms with Gasteiger partial charge in [0.1, 0.15) is 0 Å². The van der Waals surface area contributed by atoms with Crippen LogP contribution in [0.2, 0.25) is 0 Å². The van der Waals surface area contributed by atoms with Gasteiger partial charge in [-0.3, -0.25) is 0 Å². The van der Waals surface area contributed by atoms with Crippen LogP contribution in [0, 0.1) is 5.92 Å². The van der Waals surface area contributed by atoms with Crippen LogP contribution in [0.4, 0.5) is 0 Å². The third-order valence-electron chi connectivity index (χ3n) is 3.09. The van der Waals surface area contributed by atoms with E-state index in [9.17, 15) is 0 Å². The molecule has 0 fully saturated rings. The zero-order valence-electron chi connectivity index (χ0n) is 11.2. The summed E-state index contributed by atoms with van der Waals surface area (Å²) in [5.74, 6) is 0.761. The second kappa shape index (κ2) is 13.0. The Balaban J connectivity index is 3.20. The molecule has 0 aromatic rings. The standard InChI is InChI=1S/C14H30O2/c1-3-5-10-14(4-2)13-16-12-9-7-6-8-11-15/h14-15H,3-13H2,1-2H3. The van der Waals surface area contributed by atoms with Crippen LogP contribution in [0.5, 0.6) is 0 Å².